The van der Waals surface area contributed by atoms with E-state index in [1.165, 1.54) is 0 Å². The fourth-order valence-corrected chi connectivity index (χ4v) is 2.18. The zero-order valence-corrected chi connectivity index (χ0v) is 10.3. The Kier molecular flexibility index (Phi) is 4.56. The number of nitrogens with one attached hydrogen (secondary N) is 1. The molecule has 0 radical (unpaired) electrons. The maximum Gasteiger partial charge on any atom is 0.335 e. The molecule has 0 spiro atoms. The van der Waals surface area contributed by atoms with Crippen molar-refractivity contribution in [2.45, 2.75) is 10.8 Å². The average molecular weight is 295 g/mol. The summed E-state index contributed by atoms with van der Waals surface area (Å²) in [5.74, 6) is -4.79. The van der Waals surface area contributed by atoms with Crippen molar-refractivity contribution in [2.24, 2.45) is 0 Å². The van der Waals surface area contributed by atoms with E-state index in [0.29, 0.717) is 0 Å². The number of sulfonamides is 1. The van der Waals surface area contributed by atoms with Gasteiger partial charge in [-0.3, -0.25) is 0 Å². The maximum atomic E-state index is 12.7. The van der Waals surface area contributed by atoms with Gasteiger partial charge in [-0.15, -0.1) is 0 Å². The summed E-state index contributed by atoms with van der Waals surface area (Å²) in [6.07, 6.45) is 0. The molecule has 0 amide bonds. The minimum absolute atomic E-state index is 0.125. The standard InChI is InChI=1S/C10H11F2NO5S/c11-10(12,6-14)5-13-19(17,18)8-3-1-7(2-4-8)9(15)16/h1-4,13-14H,5-6H2,(H,15,16). The van der Waals surface area contributed by atoms with Crippen LogP contribution in [-0.2, 0) is 10.0 Å². The number of alkyl halides is 2. The first-order valence-corrected chi connectivity index (χ1v) is 6.48. The lowest BCUT2D eigenvalue weighted by atomic mass is 10.2. The highest BCUT2D eigenvalue weighted by Gasteiger charge is 2.30. The van der Waals surface area contributed by atoms with Crippen LogP contribution in [0.3, 0.4) is 0 Å². The highest BCUT2D eigenvalue weighted by molar-refractivity contribution is 7.89. The summed E-state index contributed by atoms with van der Waals surface area (Å²) in [4.78, 5) is 10.2. The lowest BCUT2D eigenvalue weighted by Gasteiger charge is -2.14. The van der Waals surface area contributed by atoms with Gasteiger partial charge in [-0.25, -0.2) is 26.7 Å². The molecule has 6 nitrogen and oxygen atoms in total. The van der Waals surface area contributed by atoms with Gasteiger partial charge in [-0.2, -0.15) is 0 Å². The van der Waals surface area contributed by atoms with Crippen LogP contribution in [0.2, 0.25) is 0 Å². The molecule has 0 saturated heterocycles. The smallest absolute Gasteiger partial charge is 0.335 e. The van der Waals surface area contributed by atoms with Crippen molar-refractivity contribution >= 4 is 16.0 Å². The lowest BCUT2D eigenvalue weighted by molar-refractivity contribution is -0.0437. The van der Waals surface area contributed by atoms with Gasteiger partial charge in [0.1, 0.15) is 6.61 Å². The van der Waals surface area contributed by atoms with Crippen molar-refractivity contribution in [2.75, 3.05) is 13.2 Å². The molecule has 0 aliphatic rings. The maximum absolute atomic E-state index is 12.7. The summed E-state index contributed by atoms with van der Waals surface area (Å²) in [5.41, 5.74) is -0.125. The highest BCUT2D eigenvalue weighted by Crippen LogP contribution is 2.14. The van der Waals surface area contributed by atoms with Gasteiger partial charge in [0.25, 0.3) is 5.92 Å². The van der Waals surface area contributed by atoms with Crippen molar-refractivity contribution in [3.05, 3.63) is 29.8 Å². The molecule has 0 saturated carbocycles. The van der Waals surface area contributed by atoms with Gasteiger partial charge in [0.2, 0.25) is 10.0 Å². The molecule has 0 bridgehead atoms. The Morgan fingerprint density at radius 2 is 1.79 bits per heavy atom. The Labute approximate surface area is 107 Å². The summed E-state index contributed by atoms with van der Waals surface area (Å²) in [6, 6.07) is 4.06. The van der Waals surface area contributed by atoms with E-state index in [0.717, 1.165) is 24.3 Å². The predicted octanol–water partition coefficient (Wildman–Crippen LogP) is 0.291. The van der Waals surface area contributed by atoms with Crippen molar-refractivity contribution in [1.29, 1.82) is 0 Å². The Morgan fingerprint density at radius 1 is 1.26 bits per heavy atom. The van der Waals surface area contributed by atoms with E-state index in [4.69, 9.17) is 10.2 Å². The second-order valence-electron chi connectivity index (χ2n) is 3.67. The van der Waals surface area contributed by atoms with E-state index < -0.39 is 35.1 Å². The topological polar surface area (TPSA) is 104 Å². The van der Waals surface area contributed by atoms with E-state index >= 15 is 0 Å². The normalized spacial score (nSPS) is 12.4. The number of hydrogen-bond donors (Lipinski definition) is 3. The number of carboxylic acid groups (broad SMARTS) is 1. The number of carboxylic acids is 1. The second kappa shape index (κ2) is 5.59. The molecular weight excluding hydrogens is 284 g/mol. The first kappa shape index (κ1) is 15.5. The summed E-state index contributed by atoms with van der Waals surface area (Å²) in [5, 5.41) is 16.9. The number of carbonyl (C=O) groups is 1. The summed E-state index contributed by atoms with van der Waals surface area (Å²) in [6.45, 7) is -2.72. The minimum Gasteiger partial charge on any atom is -0.478 e. The van der Waals surface area contributed by atoms with Crippen LogP contribution in [-0.4, -0.2) is 43.7 Å². The fourth-order valence-electron chi connectivity index (χ4n) is 1.12. The van der Waals surface area contributed by atoms with E-state index in [-0.39, 0.29) is 10.5 Å². The fraction of sp³-hybridized carbons (Fsp3) is 0.300. The zero-order valence-electron chi connectivity index (χ0n) is 9.51. The number of aromatic carboxylic acids is 1. The third-order valence-corrected chi connectivity index (χ3v) is 3.58. The number of rotatable bonds is 6. The molecule has 0 aliphatic carbocycles. The van der Waals surface area contributed by atoms with Gasteiger partial charge < -0.3 is 10.2 Å². The number of hydrogen-bond acceptors (Lipinski definition) is 4. The van der Waals surface area contributed by atoms with Crippen molar-refractivity contribution in [3.63, 3.8) is 0 Å². The molecule has 0 fully saturated rings. The van der Waals surface area contributed by atoms with Gasteiger partial charge in [-0.05, 0) is 24.3 Å². The van der Waals surface area contributed by atoms with Crippen LogP contribution >= 0.6 is 0 Å². The Bertz CT molecular complexity index is 556. The largest absolute Gasteiger partial charge is 0.478 e. The lowest BCUT2D eigenvalue weighted by Crippen LogP contribution is -2.38. The number of benzene rings is 1. The molecule has 0 atom stereocenters. The second-order valence-corrected chi connectivity index (χ2v) is 5.44. The van der Waals surface area contributed by atoms with Crippen LogP contribution in [0.4, 0.5) is 8.78 Å². The van der Waals surface area contributed by atoms with E-state index in [1.807, 2.05) is 0 Å². The molecule has 1 rings (SSSR count). The molecule has 0 heterocycles. The molecule has 19 heavy (non-hydrogen) atoms. The third kappa shape index (κ3) is 4.23. The van der Waals surface area contributed by atoms with E-state index in [1.54, 1.807) is 4.72 Å². The Balaban J connectivity index is 2.86. The van der Waals surface area contributed by atoms with Crippen LogP contribution in [0.5, 0.6) is 0 Å². The summed E-state index contributed by atoms with van der Waals surface area (Å²) in [7, 11) is -4.18. The first-order valence-electron chi connectivity index (χ1n) is 5.00. The monoisotopic (exact) mass is 295 g/mol. The predicted molar refractivity (Wildman–Crippen MR) is 60.6 cm³/mol. The summed E-state index contributed by atoms with van der Waals surface area (Å²) < 4.78 is 50.3. The molecule has 0 unspecified atom stereocenters. The van der Waals surface area contributed by atoms with Gasteiger partial charge in [0.05, 0.1) is 17.0 Å². The molecule has 0 aliphatic heterocycles. The van der Waals surface area contributed by atoms with E-state index in [9.17, 15) is 22.0 Å². The average Bonchev–Trinajstić information content (AvgIpc) is 2.37. The number of halogens is 2. The third-order valence-electron chi connectivity index (χ3n) is 2.16. The van der Waals surface area contributed by atoms with Crippen molar-refractivity contribution in [1.82, 2.24) is 4.72 Å². The van der Waals surface area contributed by atoms with Crippen LogP contribution < -0.4 is 4.72 Å². The number of aliphatic hydroxyl groups excluding tert-OH is 1. The number of aliphatic hydroxyl groups is 1. The Hall–Kier alpha value is -1.58. The zero-order chi connectivity index (χ0) is 14.7. The van der Waals surface area contributed by atoms with Crippen molar-refractivity contribution in [3.8, 4) is 0 Å². The molecule has 1 aromatic carbocycles. The minimum atomic E-state index is -4.18. The highest BCUT2D eigenvalue weighted by atomic mass is 32.2. The first-order chi connectivity index (χ1) is 8.68. The Morgan fingerprint density at radius 3 is 2.21 bits per heavy atom. The van der Waals surface area contributed by atoms with Crippen LogP contribution in [0.1, 0.15) is 10.4 Å². The molecular formula is C10H11F2NO5S. The SMILES string of the molecule is O=C(O)c1ccc(S(=O)(=O)NCC(F)(F)CO)cc1. The van der Waals surface area contributed by atoms with Crippen molar-refractivity contribution < 1.29 is 32.2 Å². The molecule has 106 valence electrons. The van der Waals surface area contributed by atoms with Crippen LogP contribution in [0.15, 0.2) is 29.2 Å². The molecule has 0 aromatic heterocycles. The van der Waals surface area contributed by atoms with Gasteiger partial charge in [0, 0.05) is 0 Å². The quantitative estimate of drug-likeness (QED) is 0.700. The van der Waals surface area contributed by atoms with Crippen LogP contribution in [0.25, 0.3) is 0 Å². The molecule has 3 N–H and O–H groups in total. The van der Waals surface area contributed by atoms with Gasteiger partial charge >= 0.3 is 5.97 Å². The van der Waals surface area contributed by atoms with Crippen LogP contribution in [0, 0.1) is 0 Å². The van der Waals surface area contributed by atoms with Gasteiger partial charge in [0.15, 0.2) is 0 Å². The molecule has 9 heteroatoms. The van der Waals surface area contributed by atoms with Gasteiger partial charge in [-0.1, -0.05) is 0 Å². The molecule has 1 aromatic rings. The van der Waals surface area contributed by atoms with E-state index in [2.05, 4.69) is 0 Å². The summed E-state index contributed by atoms with van der Waals surface area (Å²) >= 11 is 0.